The Labute approximate surface area is 192 Å². The lowest BCUT2D eigenvalue weighted by molar-refractivity contribution is -0.138. The summed E-state index contributed by atoms with van der Waals surface area (Å²) < 4.78 is 3.01. The molecule has 2 aromatic carbocycles. The Kier molecular flexibility index (Phi) is 6.01. The van der Waals surface area contributed by atoms with E-state index in [-0.39, 0.29) is 10.9 Å². The quantitative estimate of drug-likeness (QED) is 0.621. The first-order valence-corrected chi connectivity index (χ1v) is 10.9. The van der Waals surface area contributed by atoms with Crippen molar-refractivity contribution in [3.05, 3.63) is 82.3 Å². The van der Waals surface area contributed by atoms with Crippen LogP contribution in [0.1, 0.15) is 22.5 Å². The predicted molar refractivity (Wildman–Crippen MR) is 125 cm³/mol. The van der Waals surface area contributed by atoms with Crippen molar-refractivity contribution in [3.63, 3.8) is 0 Å². The molecule has 1 atom stereocenters. The van der Waals surface area contributed by atoms with Gasteiger partial charge in [-0.1, -0.05) is 48.2 Å². The molecule has 0 saturated carbocycles. The van der Waals surface area contributed by atoms with Crippen LogP contribution >= 0.6 is 11.8 Å². The highest BCUT2D eigenvalue weighted by atomic mass is 32.2. The van der Waals surface area contributed by atoms with Crippen LogP contribution < -0.4 is 10.5 Å². The van der Waals surface area contributed by atoms with Crippen molar-refractivity contribution in [1.82, 2.24) is 9.36 Å². The molecular weight excluding hydrogens is 444 g/mol. The van der Waals surface area contributed by atoms with Crippen molar-refractivity contribution in [2.24, 2.45) is 12.0 Å². The number of hydrogen-bond donors (Lipinski definition) is 1. The molecule has 1 saturated heterocycles. The van der Waals surface area contributed by atoms with E-state index in [0.717, 1.165) is 16.7 Å². The zero-order valence-corrected chi connectivity index (χ0v) is 18.7. The molecule has 0 aliphatic carbocycles. The van der Waals surface area contributed by atoms with E-state index in [0.29, 0.717) is 16.9 Å². The van der Waals surface area contributed by atoms with E-state index in [9.17, 15) is 24.3 Å². The van der Waals surface area contributed by atoms with Crippen molar-refractivity contribution in [1.29, 1.82) is 0 Å². The third kappa shape index (κ3) is 4.12. The Hall–Kier alpha value is -3.92. The average molecular weight is 465 g/mol. The van der Waals surface area contributed by atoms with Gasteiger partial charge in [0.25, 0.3) is 11.5 Å². The van der Waals surface area contributed by atoms with Crippen LogP contribution in [0.4, 0.5) is 5.69 Å². The Morgan fingerprint density at radius 2 is 1.64 bits per heavy atom. The van der Waals surface area contributed by atoms with Crippen LogP contribution in [0.15, 0.2) is 70.5 Å². The van der Waals surface area contributed by atoms with Gasteiger partial charge in [0.2, 0.25) is 5.91 Å². The topological polar surface area (TPSA) is 114 Å². The second-order valence-electron chi connectivity index (χ2n) is 7.35. The molecule has 1 N–H and O–H groups in total. The number of benzene rings is 2. The average Bonchev–Trinajstić information content (AvgIpc) is 3.20. The number of aromatic nitrogens is 2. The summed E-state index contributed by atoms with van der Waals surface area (Å²) >= 11 is 0.869. The molecule has 2 heterocycles. The molecule has 33 heavy (non-hydrogen) atoms. The lowest BCUT2D eigenvalue weighted by atomic mass is 10.2. The lowest BCUT2D eigenvalue weighted by Crippen LogP contribution is -2.37. The van der Waals surface area contributed by atoms with Gasteiger partial charge in [0, 0.05) is 12.6 Å². The number of anilines is 1. The van der Waals surface area contributed by atoms with Crippen LogP contribution in [-0.2, 0) is 16.6 Å². The van der Waals surface area contributed by atoms with Gasteiger partial charge in [-0.05, 0) is 31.2 Å². The van der Waals surface area contributed by atoms with Gasteiger partial charge in [-0.15, -0.1) is 0 Å². The maximum absolute atomic E-state index is 13.5. The maximum Gasteiger partial charge on any atom is 0.305 e. The van der Waals surface area contributed by atoms with Crippen LogP contribution in [0.3, 0.4) is 0 Å². The SMILES string of the molecule is Cc1c(N2C(=O)[C@@H](CC(=O)O)SC2=NC(=O)c2ccccc2)c(=O)n(-c2ccccc2)n1C. The fraction of sp³-hybridized carbons (Fsp3) is 0.174. The van der Waals surface area contributed by atoms with E-state index in [2.05, 4.69) is 4.99 Å². The molecule has 2 amide bonds. The van der Waals surface area contributed by atoms with Gasteiger partial charge in [-0.3, -0.25) is 28.8 Å². The number of hydrogen-bond acceptors (Lipinski definition) is 5. The van der Waals surface area contributed by atoms with Gasteiger partial charge in [-0.2, -0.15) is 4.99 Å². The van der Waals surface area contributed by atoms with E-state index in [4.69, 9.17) is 0 Å². The van der Waals surface area contributed by atoms with Crippen molar-refractivity contribution in [2.75, 3.05) is 4.90 Å². The Morgan fingerprint density at radius 3 is 2.24 bits per heavy atom. The third-order valence-electron chi connectivity index (χ3n) is 5.26. The normalized spacial score (nSPS) is 17.0. The monoisotopic (exact) mass is 464 g/mol. The van der Waals surface area contributed by atoms with Gasteiger partial charge in [0.1, 0.15) is 10.9 Å². The highest BCUT2D eigenvalue weighted by molar-refractivity contribution is 8.16. The largest absolute Gasteiger partial charge is 0.481 e. The Balaban J connectivity index is 1.85. The summed E-state index contributed by atoms with van der Waals surface area (Å²) in [5, 5.41) is 8.21. The summed E-state index contributed by atoms with van der Waals surface area (Å²) in [6, 6.07) is 17.2. The number of para-hydroxylation sites is 1. The van der Waals surface area contributed by atoms with E-state index < -0.39 is 35.0 Å². The van der Waals surface area contributed by atoms with Crippen LogP contribution in [0.5, 0.6) is 0 Å². The van der Waals surface area contributed by atoms with Crippen molar-refractivity contribution >= 4 is 40.4 Å². The molecule has 0 bridgehead atoms. The minimum atomic E-state index is -1.16. The van der Waals surface area contributed by atoms with Crippen LogP contribution in [-0.4, -0.2) is 42.7 Å². The molecule has 4 rings (SSSR count). The first-order valence-electron chi connectivity index (χ1n) is 10.0. The third-order valence-corrected chi connectivity index (χ3v) is 6.40. The number of carbonyl (C=O) groups excluding carboxylic acids is 2. The summed E-state index contributed by atoms with van der Waals surface area (Å²) in [5.41, 5.74) is 0.928. The number of aliphatic imine (C=N–C) groups is 1. The molecule has 0 unspecified atom stereocenters. The molecule has 168 valence electrons. The zero-order chi connectivity index (χ0) is 23.7. The molecule has 9 nitrogen and oxygen atoms in total. The lowest BCUT2D eigenvalue weighted by Gasteiger charge is -2.14. The molecule has 1 aliphatic rings. The summed E-state index contributed by atoms with van der Waals surface area (Å²) in [5.74, 6) is -2.36. The fourth-order valence-electron chi connectivity index (χ4n) is 3.58. The molecule has 3 aromatic rings. The van der Waals surface area contributed by atoms with Crippen molar-refractivity contribution in [2.45, 2.75) is 18.6 Å². The summed E-state index contributed by atoms with van der Waals surface area (Å²) in [6.07, 6.45) is -0.461. The summed E-state index contributed by atoms with van der Waals surface area (Å²) in [6.45, 7) is 1.68. The van der Waals surface area contributed by atoms with Crippen molar-refractivity contribution < 1.29 is 19.5 Å². The van der Waals surface area contributed by atoms with Gasteiger partial charge in [0.15, 0.2) is 5.17 Å². The van der Waals surface area contributed by atoms with Crippen LogP contribution in [0.2, 0.25) is 0 Å². The highest BCUT2D eigenvalue weighted by Gasteiger charge is 2.43. The molecule has 0 spiro atoms. The fourth-order valence-corrected chi connectivity index (χ4v) is 4.69. The summed E-state index contributed by atoms with van der Waals surface area (Å²) in [7, 11) is 1.68. The second-order valence-corrected chi connectivity index (χ2v) is 8.52. The van der Waals surface area contributed by atoms with Gasteiger partial charge in [-0.25, -0.2) is 4.68 Å². The second kappa shape index (κ2) is 8.91. The number of thioether (sulfide) groups is 1. The number of nitrogens with zero attached hydrogens (tertiary/aromatic N) is 4. The number of carboxylic acid groups (broad SMARTS) is 1. The van der Waals surface area contributed by atoms with Crippen LogP contribution in [0, 0.1) is 6.92 Å². The summed E-state index contributed by atoms with van der Waals surface area (Å²) in [4.78, 5) is 55.9. The minimum absolute atomic E-state index is 0.0221. The number of rotatable bonds is 5. The molecule has 0 radical (unpaired) electrons. The molecule has 1 aromatic heterocycles. The smallest absolute Gasteiger partial charge is 0.305 e. The minimum Gasteiger partial charge on any atom is -0.481 e. The Bertz CT molecular complexity index is 1330. The Morgan fingerprint density at radius 1 is 1.03 bits per heavy atom. The molecular formula is C23H20N4O5S. The van der Waals surface area contributed by atoms with E-state index >= 15 is 0 Å². The van der Waals surface area contributed by atoms with Gasteiger partial charge in [0.05, 0.1) is 17.8 Å². The van der Waals surface area contributed by atoms with E-state index in [1.165, 1.54) is 4.68 Å². The van der Waals surface area contributed by atoms with E-state index in [1.54, 1.807) is 73.3 Å². The number of aliphatic carboxylic acids is 1. The predicted octanol–water partition coefficient (Wildman–Crippen LogP) is 2.60. The number of amidine groups is 1. The molecule has 1 aliphatic heterocycles. The van der Waals surface area contributed by atoms with E-state index in [1.807, 2.05) is 6.07 Å². The molecule has 10 heteroatoms. The van der Waals surface area contributed by atoms with Crippen LogP contribution in [0.25, 0.3) is 5.69 Å². The number of carboxylic acids is 1. The van der Waals surface area contributed by atoms with Gasteiger partial charge >= 0.3 is 5.97 Å². The molecule has 1 fully saturated rings. The zero-order valence-electron chi connectivity index (χ0n) is 17.8. The van der Waals surface area contributed by atoms with Gasteiger partial charge < -0.3 is 5.11 Å². The van der Waals surface area contributed by atoms with Crippen molar-refractivity contribution in [3.8, 4) is 5.69 Å². The number of amides is 2. The maximum atomic E-state index is 13.5. The first kappa shape index (κ1) is 22.3. The number of carbonyl (C=O) groups is 3. The first-order chi connectivity index (χ1) is 15.8. The highest BCUT2D eigenvalue weighted by Crippen LogP contribution is 2.34. The standard InChI is InChI=1S/C23H20N4O5S/c1-14-19(22(32)27(25(14)2)16-11-7-4-8-12-16)26-21(31)17(13-18(28)29)33-23(26)24-20(30)15-9-5-3-6-10-15/h3-12,17H,13H2,1-2H3,(H,28,29)/t17-/m1/s1.